The van der Waals surface area contributed by atoms with E-state index in [0.717, 1.165) is 67.4 Å². The second kappa shape index (κ2) is 28.6. The second-order valence-corrected chi connectivity index (χ2v) is 37.6. The molecule has 12 heterocycles. The minimum Gasteiger partial charge on any atom is -0.497 e. The van der Waals surface area contributed by atoms with E-state index in [1.54, 1.807) is 7.11 Å². The van der Waals surface area contributed by atoms with Crippen LogP contribution in [0.5, 0.6) is 5.75 Å². The van der Waals surface area contributed by atoms with Crippen LogP contribution in [-0.4, -0.2) is 172 Å². The van der Waals surface area contributed by atoms with Gasteiger partial charge in [0.1, 0.15) is 47.7 Å². The Morgan fingerprint density at radius 1 is 0.766 bits per heavy atom. The lowest BCUT2D eigenvalue weighted by atomic mass is 9.77. The van der Waals surface area contributed by atoms with E-state index in [1.807, 2.05) is 36.4 Å². The average molecular weight is 1330 g/mol. The van der Waals surface area contributed by atoms with Crippen LogP contribution >= 0.6 is 0 Å². The molecule has 0 aromatic heterocycles. The Hall–Kier alpha value is -2.92. The number of aliphatic hydroxyl groups excluding tert-OH is 1. The van der Waals surface area contributed by atoms with E-state index in [9.17, 15) is 14.7 Å². The number of ether oxygens (including phenoxy) is 13. The van der Waals surface area contributed by atoms with E-state index in [4.69, 9.17) is 66.0 Å². The van der Waals surface area contributed by atoms with Crippen LogP contribution in [0.2, 0.25) is 18.1 Å². The summed E-state index contributed by atoms with van der Waals surface area (Å²) < 4.78 is 95.9. The summed E-state index contributed by atoms with van der Waals surface area (Å²) in [7, 11) is -0.485. The average Bonchev–Trinajstić information content (AvgIpc) is 1.52. The van der Waals surface area contributed by atoms with Gasteiger partial charge in [0, 0.05) is 44.4 Å². The Bertz CT molecular complexity index is 2840. The van der Waals surface area contributed by atoms with Crippen LogP contribution in [0.4, 0.5) is 0 Å². The lowest BCUT2D eigenvalue weighted by Gasteiger charge is -2.51. The highest BCUT2D eigenvalue weighted by Gasteiger charge is 2.74. The molecule has 12 aliphatic rings. The molecule has 18 heteroatoms. The molecule has 1 spiro atoms. The number of rotatable bonds is 17. The highest BCUT2D eigenvalue weighted by Crippen LogP contribution is 2.59. The first-order valence-corrected chi connectivity index (χ1v) is 39.5. The van der Waals surface area contributed by atoms with Gasteiger partial charge in [-0.15, -0.1) is 0 Å². The molecule has 1 unspecified atom stereocenters. The van der Waals surface area contributed by atoms with E-state index in [1.165, 1.54) is 0 Å². The number of Topliss-reactive ketones (excluding diaryl/α,β-unsaturated/α-hetero) is 1. The van der Waals surface area contributed by atoms with Crippen molar-refractivity contribution in [1.29, 1.82) is 0 Å². The van der Waals surface area contributed by atoms with Crippen molar-refractivity contribution in [3.63, 3.8) is 0 Å². The maximum Gasteiger partial charge on any atom is 0.308 e. The van der Waals surface area contributed by atoms with Gasteiger partial charge in [-0.1, -0.05) is 107 Å². The molecule has 13 rings (SSSR count). The highest BCUT2D eigenvalue weighted by atomic mass is 28.4. The lowest BCUT2D eigenvalue weighted by Crippen LogP contribution is -2.63. The molecule has 12 aliphatic heterocycles. The zero-order chi connectivity index (χ0) is 66.9. The Kier molecular flexibility index (Phi) is 21.6. The molecule has 12 bridgehead atoms. The molecule has 0 aliphatic carbocycles. The summed E-state index contributed by atoms with van der Waals surface area (Å²) >= 11 is 0. The first-order valence-electron chi connectivity index (χ1n) is 36.6. The third-order valence-corrected chi connectivity index (χ3v) is 29.2. The van der Waals surface area contributed by atoms with Gasteiger partial charge in [0.25, 0.3) is 0 Å². The number of methoxy groups -OCH3 is 1. The third kappa shape index (κ3) is 14.9. The Labute approximate surface area is 562 Å². The SMILES string of the molecule is C=C1C[C@@H]2CC[C@@]34C[C@@H]5O[C@H]6[C@@H](O3)[C@H]3O[C@H](CC[C@@H]3O[C@H]6[C@@]5(C)O4)CC(=O)O[C@@H]3[C@@H](C)[C@@H]4O[C@H](CC(O)/C=C/[C@@H](OCc5ccc(OC)cc5)[C@@H](C)CC(=O)C[C@H](C)[C@@H]5O[C@H](CC)[C@H](C)C[C@@H]5O[Si](C)(C)C(C)(C)C)[C@H](C)C[C@@H]4O[C@H]3C[C@H]3O[C@@H](CC[C@@H]1O2)C[C@@H](C)C3=C. The number of aliphatic hydroxyl groups is 1. The smallest absolute Gasteiger partial charge is 0.308 e. The molecule has 29 atom stereocenters. The maximum absolute atomic E-state index is 14.7. The highest BCUT2D eigenvalue weighted by molar-refractivity contribution is 6.74. The van der Waals surface area contributed by atoms with Crippen LogP contribution in [0.25, 0.3) is 0 Å². The molecule has 1 N–H and O–H groups in total. The monoisotopic (exact) mass is 1330 g/mol. The summed E-state index contributed by atoms with van der Waals surface area (Å²) in [4.78, 5) is 29.1. The van der Waals surface area contributed by atoms with Gasteiger partial charge < -0.3 is 71.1 Å². The molecule has 12 fully saturated rings. The number of ketones is 1. The fraction of sp³-hybridized carbons (Fsp3) is 0.816. The van der Waals surface area contributed by atoms with Crippen LogP contribution in [0.1, 0.15) is 191 Å². The fourth-order valence-corrected chi connectivity index (χ4v) is 19.3. The molecular weight excluding hydrogens is 1210 g/mol. The Balaban J connectivity index is 0.737. The fourth-order valence-electron chi connectivity index (χ4n) is 18.0. The van der Waals surface area contributed by atoms with E-state index in [2.05, 4.69) is 102 Å². The maximum atomic E-state index is 14.7. The van der Waals surface area contributed by atoms with Crippen molar-refractivity contribution >= 4 is 20.1 Å². The first-order chi connectivity index (χ1) is 44.6. The molecule has 0 radical (unpaired) electrons. The minimum absolute atomic E-state index is 0.00198. The largest absolute Gasteiger partial charge is 0.497 e. The molecular formula is C76H116O17Si. The summed E-state index contributed by atoms with van der Waals surface area (Å²) in [5.41, 5.74) is 2.46. The normalized spacial score (nSPS) is 43.8. The van der Waals surface area contributed by atoms with Gasteiger partial charge in [-0.3, -0.25) is 9.59 Å². The van der Waals surface area contributed by atoms with Gasteiger partial charge >= 0.3 is 5.97 Å². The number of esters is 1. The predicted molar refractivity (Wildman–Crippen MR) is 357 cm³/mol. The Morgan fingerprint density at radius 3 is 2.23 bits per heavy atom. The summed E-state index contributed by atoms with van der Waals surface area (Å²) in [6.07, 6.45) is 7.74. The van der Waals surface area contributed by atoms with Crippen molar-refractivity contribution in [3.05, 3.63) is 66.3 Å². The number of hydrogen-bond donors (Lipinski definition) is 1. The van der Waals surface area contributed by atoms with Crippen molar-refractivity contribution in [2.75, 3.05) is 7.11 Å². The summed E-state index contributed by atoms with van der Waals surface area (Å²) in [6, 6.07) is 7.79. The number of benzene rings is 1. The van der Waals surface area contributed by atoms with Crippen molar-refractivity contribution in [2.45, 2.75) is 350 Å². The van der Waals surface area contributed by atoms with E-state index >= 15 is 0 Å². The zero-order valence-corrected chi connectivity index (χ0v) is 60.2. The van der Waals surface area contributed by atoms with Gasteiger partial charge in [0.15, 0.2) is 14.1 Å². The van der Waals surface area contributed by atoms with Gasteiger partial charge in [-0.05, 0) is 148 Å². The van der Waals surface area contributed by atoms with Crippen LogP contribution in [0.3, 0.4) is 0 Å². The van der Waals surface area contributed by atoms with E-state index in [-0.39, 0.29) is 132 Å². The van der Waals surface area contributed by atoms with E-state index in [0.29, 0.717) is 70.3 Å². The minimum atomic E-state index is -2.13. The predicted octanol–water partition coefficient (Wildman–Crippen LogP) is 13.0. The molecule has 0 amide bonds. The number of carbonyl (C=O) groups excluding carboxylic acids is 2. The number of fused-ring (bicyclic) bond motifs is 7. The number of carbonyl (C=O) groups is 2. The lowest BCUT2D eigenvalue weighted by molar-refractivity contribution is -0.297. The second-order valence-electron chi connectivity index (χ2n) is 32.9. The number of hydrogen-bond acceptors (Lipinski definition) is 17. The molecule has 1 aromatic carbocycles. The quantitative estimate of drug-likeness (QED) is 0.0882. The third-order valence-electron chi connectivity index (χ3n) is 24.7. The standard InChI is InChI=1S/C76H116O17Si/c1-17-56-44(5)35-64(92-94(15,16)74(10,11)12)67(86-56)46(7)31-51(78)30-42(3)57(81-40-49-18-21-52(80-14)22-19-49)25-20-50(77)36-60-45(6)34-62-68(87-60)48(9)69-63(85-62)38-61-47(8)41(2)32-53(83-61)23-26-58-43(4)33-55(82-58)28-29-76-39-65-75(13,93-76)73-72(89-65)71(91-76)70-59(88-73)27-24-54(84-70)37-66(79)90-69/h18-22,25,41-42,44-46,48,50,53-65,67-73,77H,4,8,17,23-24,26-40H2,1-3,5-7,9-16H3/b25-20+/t41-,42+,44-,45-,46+,48+,50?,53+,54-,55+,56-,57-,58+,59+,60-,61-,62+,63+,64+,65+,67+,68+,69-,70+,71+,72+,73-,75+,76-/m1/s1. The van der Waals surface area contributed by atoms with Gasteiger partial charge in [-0.25, -0.2) is 0 Å². The van der Waals surface area contributed by atoms with Crippen molar-refractivity contribution in [1.82, 2.24) is 0 Å². The Morgan fingerprint density at radius 2 is 1.49 bits per heavy atom. The molecule has 12 saturated heterocycles. The molecule has 94 heavy (non-hydrogen) atoms. The van der Waals surface area contributed by atoms with Crippen molar-refractivity contribution < 1.29 is 80.7 Å². The zero-order valence-electron chi connectivity index (χ0n) is 59.2. The molecule has 526 valence electrons. The summed E-state index contributed by atoms with van der Waals surface area (Å²) in [6.45, 7) is 38.1. The summed E-state index contributed by atoms with van der Waals surface area (Å²) in [5, 5.41) is 12.1. The van der Waals surface area contributed by atoms with E-state index < -0.39 is 68.5 Å². The summed E-state index contributed by atoms with van der Waals surface area (Å²) in [5.74, 6) is -0.296. The topological polar surface area (TPSA) is 184 Å². The molecule has 0 saturated carbocycles. The van der Waals surface area contributed by atoms with Crippen LogP contribution < -0.4 is 4.74 Å². The molecule has 1 aromatic rings. The molecule has 17 nitrogen and oxygen atoms in total. The van der Waals surface area contributed by atoms with Crippen LogP contribution in [0.15, 0.2) is 60.7 Å². The van der Waals surface area contributed by atoms with Crippen molar-refractivity contribution in [2.24, 2.45) is 35.5 Å². The van der Waals surface area contributed by atoms with Gasteiger partial charge in [-0.2, -0.15) is 0 Å². The van der Waals surface area contributed by atoms with Crippen molar-refractivity contribution in [3.8, 4) is 5.75 Å². The van der Waals surface area contributed by atoms with Gasteiger partial charge in [0.2, 0.25) is 0 Å². The van der Waals surface area contributed by atoms with Crippen LogP contribution in [-0.2, 0) is 77.5 Å². The first kappa shape index (κ1) is 70.9. The van der Waals surface area contributed by atoms with Gasteiger partial charge in [0.05, 0.1) is 118 Å². The van der Waals surface area contributed by atoms with Crippen LogP contribution in [0, 0.1) is 35.5 Å².